The van der Waals surface area contributed by atoms with Crippen molar-refractivity contribution in [2.24, 2.45) is 11.8 Å². The van der Waals surface area contributed by atoms with Gasteiger partial charge in [0.1, 0.15) is 17.6 Å². The van der Waals surface area contributed by atoms with E-state index in [4.69, 9.17) is 9.47 Å². The number of aliphatic hydroxyl groups excluding tert-OH is 1. The maximum atomic E-state index is 15.1. The summed E-state index contributed by atoms with van der Waals surface area (Å²) in [6.45, 7) is 15.5. The topological polar surface area (TPSA) is 99.6 Å². The van der Waals surface area contributed by atoms with Gasteiger partial charge in [-0.2, -0.15) is 0 Å². The number of hydrogen-bond donors (Lipinski definition) is 1. The Labute approximate surface area is 285 Å². The van der Waals surface area contributed by atoms with Gasteiger partial charge in [0.15, 0.2) is 0 Å². The first-order valence-corrected chi connectivity index (χ1v) is 17.4. The minimum atomic E-state index is -1.25. The molecule has 0 aliphatic carbocycles. The van der Waals surface area contributed by atoms with E-state index in [0.717, 1.165) is 37.2 Å². The second-order valence-corrected chi connectivity index (χ2v) is 13.4. The molecule has 3 fully saturated rings. The van der Waals surface area contributed by atoms with Crippen molar-refractivity contribution in [3.8, 4) is 0 Å². The third-order valence-electron chi connectivity index (χ3n) is 10.5. The number of unbranched alkanes of at least 4 members (excludes halogenated alkanes) is 2. The average molecular weight is 658 g/mol. The zero-order chi connectivity index (χ0) is 34.5. The molecular weight excluding hydrogens is 606 g/mol. The summed E-state index contributed by atoms with van der Waals surface area (Å²) in [5.74, 6) is -2.92. The minimum Gasteiger partial charge on any atom is -0.465 e. The van der Waals surface area contributed by atoms with E-state index >= 15 is 4.79 Å². The standard InChI is InChI=1S/C39H51N3O6/c1-6-10-11-15-25-47-37(46)33-32-35(44)42(31(27-43)26-28-16-13-12-14-17-28)34(39(32)23-22-38(33,5)48-39)36(45)41(24-7-2)30-20-18-29(19-21-30)40(8-3)9-4/h6-7,12-14,16-21,31-34,43H,1-2,8-11,15,22-27H2,3-5H3/t31-,32+,33+,34?,38-,39?/m1/s1. The summed E-state index contributed by atoms with van der Waals surface area (Å²) in [4.78, 5) is 49.0. The fraction of sp³-hybridized carbons (Fsp3) is 0.513. The molecule has 2 amide bonds. The largest absolute Gasteiger partial charge is 0.465 e. The van der Waals surface area contributed by atoms with Gasteiger partial charge in [0.05, 0.1) is 30.8 Å². The molecule has 2 unspecified atom stereocenters. The Balaban J connectivity index is 1.55. The summed E-state index contributed by atoms with van der Waals surface area (Å²) in [5, 5.41) is 10.8. The van der Waals surface area contributed by atoms with Crippen molar-refractivity contribution in [2.45, 2.75) is 82.6 Å². The van der Waals surface area contributed by atoms with E-state index in [1.165, 1.54) is 4.90 Å². The fourth-order valence-corrected chi connectivity index (χ4v) is 8.22. The minimum absolute atomic E-state index is 0.207. The second kappa shape index (κ2) is 15.1. The van der Waals surface area contributed by atoms with Crippen LogP contribution in [-0.2, 0) is 30.3 Å². The number of rotatable bonds is 17. The molecule has 2 bridgehead atoms. The summed E-state index contributed by atoms with van der Waals surface area (Å²) in [7, 11) is 0. The molecule has 258 valence electrons. The van der Waals surface area contributed by atoms with Crippen LogP contribution in [0.2, 0.25) is 0 Å². The highest BCUT2D eigenvalue weighted by Gasteiger charge is 2.79. The van der Waals surface area contributed by atoms with Crippen LogP contribution in [0, 0.1) is 11.8 Å². The van der Waals surface area contributed by atoms with Gasteiger partial charge in [-0.15, -0.1) is 13.2 Å². The van der Waals surface area contributed by atoms with Crippen LogP contribution in [0.5, 0.6) is 0 Å². The van der Waals surface area contributed by atoms with Gasteiger partial charge < -0.3 is 29.3 Å². The zero-order valence-corrected chi connectivity index (χ0v) is 28.7. The van der Waals surface area contributed by atoms with Gasteiger partial charge in [-0.3, -0.25) is 14.4 Å². The molecule has 0 aromatic heterocycles. The number of allylic oxidation sites excluding steroid dienone is 1. The number of fused-ring (bicyclic) bond motifs is 1. The summed E-state index contributed by atoms with van der Waals surface area (Å²) in [6.07, 6.45) is 7.14. The van der Waals surface area contributed by atoms with Crippen LogP contribution in [0.25, 0.3) is 0 Å². The molecule has 3 aliphatic rings. The number of benzene rings is 2. The molecule has 0 saturated carbocycles. The number of aliphatic hydroxyl groups is 1. The molecule has 0 radical (unpaired) electrons. The summed E-state index contributed by atoms with van der Waals surface area (Å²) < 4.78 is 12.6. The van der Waals surface area contributed by atoms with E-state index in [1.54, 1.807) is 11.0 Å². The third-order valence-corrected chi connectivity index (χ3v) is 10.5. The van der Waals surface area contributed by atoms with Crippen LogP contribution in [-0.4, -0.2) is 83.9 Å². The van der Waals surface area contributed by atoms with Crippen LogP contribution < -0.4 is 9.80 Å². The molecule has 5 rings (SSSR count). The van der Waals surface area contributed by atoms with Crippen molar-refractivity contribution in [1.82, 2.24) is 4.90 Å². The molecule has 2 aromatic carbocycles. The van der Waals surface area contributed by atoms with Gasteiger partial charge in [0.2, 0.25) is 5.91 Å². The number of likely N-dealkylation sites (tertiary alicyclic amines) is 1. The first-order valence-electron chi connectivity index (χ1n) is 17.4. The molecule has 3 aliphatic heterocycles. The highest BCUT2D eigenvalue weighted by atomic mass is 16.6. The van der Waals surface area contributed by atoms with E-state index in [1.807, 2.05) is 67.6 Å². The number of hydrogen-bond acceptors (Lipinski definition) is 7. The first-order chi connectivity index (χ1) is 23.2. The number of ether oxygens (including phenoxy) is 2. The quantitative estimate of drug-likeness (QED) is 0.140. The maximum Gasteiger partial charge on any atom is 0.312 e. The van der Waals surface area contributed by atoms with Crippen LogP contribution >= 0.6 is 0 Å². The van der Waals surface area contributed by atoms with E-state index in [-0.39, 0.29) is 31.6 Å². The van der Waals surface area contributed by atoms with Crippen LogP contribution in [0.3, 0.4) is 0 Å². The Morgan fingerprint density at radius 1 is 1.04 bits per heavy atom. The van der Waals surface area contributed by atoms with Crippen LogP contribution in [0.1, 0.15) is 58.4 Å². The van der Waals surface area contributed by atoms with Crippen molar-refractivity contribution in [1.29, 1.82) is 0 Å². The zero-order valence-electron chi connectivity index (χ0n) is 28.7. The van der Waals surface area contributed by atoms with Crippen molar-refractivity contribution < 1.29 is 29.0 Å². The summed E-state index contributed by atoms with van der Waals surface area (Å²) in [5.41, 5.74) is 0.436. The number of anilines is 2. The molecule has 1 N–H and O–H groups in total. The molecule has 2 aromatic rings. The van der Waals surface area contributed by atoms with Crippen molar-refractivity contribution >= 4 is 29.2 Å². The molecule has 3 heterocycles. The Morgan fingerprint density at radius 3 is 2.35 bits per heavy atom. The lowest BCUT2D eigenvalue weighted by molar-refractivity contribution is -0.160. The number of amides is 2. The van der Waals surface area contributed by atoms with Crippen molar-refractivity contribution in [3.63, 3.8) is 0 Å². The number of nitrogens with zero attached hydrogens (tertiary/aromatic N) is 3. The normalized spacial score (nSPS) is 26.2. The second-order valence-electron chi connectivity index (χ2n) is 13.4. The smallest absolute Gasteiger partial charge is 0.312 e. The average Bonchev–Trinajstić information content (AvgIpc) is 3.67. The van der Waals surface area contributed by atoms with Gasteiger partial charge in [-0.05, 0) is 89.1 Å². The Hall–Kier alpha value is -3.95. The van der Waals surface area contributed by atoms with Gasteiger partial charge >= 0.3 is 5.97 Å². The summed E-state index contributed by atoms with van der Waals surface area (Å²) in [6, 6.07) is 15.7. The molecule has 1 spiro atoms. The Bertz CT molecular complexity index is 1460. The van der Waals surface area contributed by atoms with E-state index in [0.29, 0.717) is 31.4 Å². The first kappa shape index (κ1) is 35.4. The lowest BCUT2D eigenvalue weighted by atomic mass is 9.66. The van der Waals surface area contributed by atoms with Crippen LogP contribution in [0.4, 0.5) is 11.4 Å². The van der Waals surface area contributed by atoms with Gasteiger partial charge in [0.25, 0.3) is 5.91 Å². The van der Waals surface area contributed by atoms with Crippen molar-refractivity contribution in [3.05, 3.63) is 85.5 Å². The Kier molecular flexibility index (Phi) is 11.1. The van der Waals surface area contributed by atoms with E-state index < -0.39 is 41.1 Å². The number of carbonyl (C=O) groups excluding carboxylic acids is 3. The number of esters is 1. The summed E-state index contributed by atoms with van der Waals surface area (Å²) >= 11 is 0. The highest BCUT2D eigenvalue weighted by molar-refractivity contribution is 6.05. The monoisotopic (exact) mass is 657 g/mol. The predicted molar refractivity (Wildman–Crippen MR) is 188 cm³/mol. The number of carbonyl (C=O) groups is 3. The molecular formula is C39H51N3O6. The lowest BCUT2D eigenvalue weighted by Crippen LogP contribution is -2.59. The van der Waals surface area contributed by atoms with Gasteiger partial charge in [-0.1, -0.05) is 42.5 Å². The van der Waals surface area contributed by atoms with Crippen molar-refractivity contribution in [2.75, 3.05) is 42.6 Å². The SMILES string of the molecule is C=CCCCCOC(=O)[C@@H]1[C@H]2C(=O)N([C@@H](CO)Cc3ccccc3)C(C(=O)N(CC=C)c3ccc(N(CC)CC)cc3)C23CC[C@@]1(C)O3. The third kappa shape index (κ3) is 6.42. The fourth-order valence-electron chi connectivity index (χ4n) is 8.22. The molecule has 3 saturated heterocycles. The molecule has 9 nitrogen and oxygen atoms in total. The molecule has 48 heavy (non-hydrogen) atoms. The van der Waals surface area contributed by atoms with Gasteiger partial charge in [0, 0.05) is 31.0 Å². The van der Waals surface area contributed by atoms with Crippen LogP contribution in [0.15, 0.2) is 79.9 Å². The Morgan fingerprint density at radius 2 is 1.73 bits per heavy atom. The molecule has 9 heteroatoms. The highest BCUT2D eigenvalue weighted by Crippen LogP contribution is 2.64. The maximum absolute atomic E-state index is 15.1. The van der Waals surface area contributed by atoms with Gasteiger partial charge in [-0.25, -0.2) is 0 Å². The van der Waals surface area contributed by atoms with E-state index in [9.17, 15) is 14.7 Å². The van der Waals surface area contributed by atoms with E-state index in [2.05, 4.69) is 31.9 Å². The lowest BCUT2D eigenvalue weighted by Gasteiger charge is -2.39. The predicted octanol–water partition coefficient (Wildman–Crippen LogP) is 5.32. The molecule has 6 atom stereocenters.